The van der Waals surface area contributed by atoms with E-state index >= 15 is 0 Å². The van der Waals surface area contributed by atoms with Crippen molar-refractivity contribution in [2.75, 3.05) is 6.54 Å². The number of thiophene rings is 1. The molecule has 4 atom stereocenters. The van der Waals surface area contributed by atoms with Crippen LogP contribution >= 0.6 is 11.3 Å². The van der Waals surface area contributed by atoms with Crippen molar-refractivity contribution >= 4 is 17.0 Å². The molecule has 0 amide bonds. The SMILES string of the molecule is CCC=C(C)CCN/C(=C/CC)c1ccc(C(OC2=CC(C)C(C3=CCC(C(C)(C)C)C=C3)C(C)=C2)C(C)C)s1. The number of allylic oxidation sites excluding steroid dienone is 9. The molecule has 1 aromatic rings. The summed E-state index contributed by atoms with van der Waals surface area (Å²) in [6, 6.07) is 4.54. The smallest absolute Gasteiger partial charge is 0.135 e. The first-order chi connectivity index (χ1) is 18.9. The van der Waals surface area contributed by atoms with Crippen LogP contribution in [0.4, 0.5) is 0 Å². The maximum Gasteiger partial charge on any atom is 0.135 e. The monoisotopic (exact) mass is 561 g/mol. The average Bonchev–Trinajstić information content (AvgIpc) is 3.36. The van der Waals surface area contributed by atoms with Gasteiger partial charge in [-0.1, -0.05) is 96.9 Å². The van der Waals surface area contributed by atoms with E-state index in [4.69, 9.17) is 4.74 Å². The minimum atomic E-state index is 0.0387. The van der Waals surface area contributed by atoms with Gasteiger partial charge in [0.25, 0.3) is 0 Å². The molecule has 0 aromatic carbocycles. The van der Waals surface area contributed by atoms with Crippen molar-refractivity contribution in [3.05, 3.63) is 86.9 Å². The van der Waals surface area contributed by atoms with Crippen LogP contribution in [0.3, 0.4) is 0 Å². The van der Waals surface area contributed by atoms with Gasteiger partial charge in [0.05, 0.1) is 4.88 Å². The average molecular weight is 562 g/mol. The second-order valence-corrected chi connectivity index (χ2v) is 14.3. The lowest BCUT2D eigenvalue weighted by Crippen LogP contribution is -2.23. The van der Waals surface area contributed by atoms with Gasteiger partial charge in [-0.25, -0.2) is 0 Å². The molecule has 1 N–H and O–H groups in total. The van der Waals surface area contributed by atoms with Gasteiger partial charge in [0.2, 0.25) is 0 Å². The molecule has 1 aromatic heterocycles. The van der Waals surface area contributed by atoms with Crippen molar-refractivity contribution in [1.29, 1.82) is 0 Å². The van der Waals surface area contributed by atoms with Gasteiger partial charge in [-0.05, 0) is 92.6 Å². The van der Waals surface area contributed by atoms with Gasteiger partial charge in [0.1, 0.15) is 11.9 Å². The second-order valence-electron chi connectivity index (χ2n) is 13.2. The normalized spacial score (nSPS) is 23.1. The molecule has 220 valence electrons. The van der Waals surface area contributed by atoms with Gasteiger partial charge in [0.15, 0.2) is 0 Å². The fourth-order valence-electron chi connectivity index (χ4n) is 5.91. The highest BCUT2D eigenvalue weighted by Crippen LogP contribution is 2.42. The third-order valence-electron chi connectivity index (χ3n) is 8.25. The van der Waals surface area contributed by atoms with E-state index in [-0.39, 0.29) is 6.10 Å². The van der Waals surface area contributed by atoms with Crippen molar-refractivity contribution in [3.63, 3.8) is 0 Å². The van der Waals surface area contributed by atoms with Crippen molar-refractivity contribution in [2.45, 2.75) is 101 Å². The lowest BCUT2D eigenvalue weighted by atomic mass is 9.72. The Bertz CT molecular complexity index is 1160. The summed E-state index contributed by atoms with van der Waals surface area (Å²) in [6.45, 7) is 23.8. The Kier molecular flexibility index (Phi) is 11.8. The molecule has 0 saturated heterocycles. The minimum Gasteiger partial charge on any atom is -0.485 e. The van der Waals surface area contributed by atoms with Crippen molar-refractivity contribution in [3.8, 4) is 0 Å². The van der Waals surface area contributed by atoms with Crippen LogP contribution in [-0.2, 0) is 4.74 Å². The highest BCUT2D eigenvalue weighted by molar-refractivity contribution is 7.13. The van der Waals surface area contributed by atoms with Gasteiger partial charge in [0, 0.05) is 23.0 Å². The zero-order chi connectivity index (χ0) is 29.4. The molecular weight excluding hydrogens is 506 g/mol. The van der Waals surface area contributed by atoms with Gasteiger partial charge in [-0.3, -0.25) is 0 Å². The molecule has 2 aliphatic rings. The van der Waals surface area contributed by atoms with E-state index in [1.54, 1.807) is 0 Å². The Labute approximate surface area is 250 Å². The minimum absolute atomic E-state index is 0.0387. The lowest BCUT2D eigenvalue weighted by molar-refractivity contribution is 0.0846. The van der Waals surface area contributed by atoms with Crippen LogP contribution in [-0.4, -0.2) is 6.54 Å². The molecule has 2 nitrogen and oxygen atoms in total. The van der Waals surface area contributed by atoms with E-state index in [0.717, 1.165) is 38.0 Å². The molecule has 1 heterocycles. The predicted molar refractivity (Wildman–Crippen MR) is 177 cm³/mol. The maximum atomic E-state index is 6.78. The predicted octanol–water partition coefficient (Wildman–Crippen LogP) is 11.2. The van der Waals surface area contributed by atoms with Crippen LogP contribution in [0.15, 0.2) is 77.1 Å². The lowest BCUT2D eigenvalue weighted by Gasteiger charge is -2.34. The third-order valence-corrected chi connectivity index (χ3v) is 9.43. The van der Waals surface area contributed by atoms with E-state index in [0.29, 0.717) is 29.1 Å². The number of ether oxygens (including phenoxy) is 1. The Morgan fingerprint density at radius 3 is 2.45 bits per heavy atom. The molecule has 0 saturated carbocycles. The summed E-state index contributed by atoms with van der Waals surface area (Å²) in [6.07, 6.45) is 20.9. The zero-order valence-electron chi connectivity index (χ0n) is 26.9. The quantitative estimate of drug-likeness (QED) is 0.256. The van der Waals surface area contributed by atoms with Crippen LogP contribution in [0.5, 0.6) is 0 Å². The summed E-state index contributed by atoms with van der Waals surface area (Å²) < 4.78 is 6.78. The topological polar surface area (TPSA) is 21.3 Å². The Morgan fingerprint density at radius 2 is 1.88 bits per heavy atom. The summed E-state index contributed by atoms with van der Waals surface area (Å²) in [5.74, 6) is 2.84. The highest BCUT2D eigenvalue weighted by atomic mass is 32.1. The van der Waals surface area contributed by atoms with Crippen LogP contribution in [0.25, 0.3) is 5.70 Å². The summed E-state index contributed by atoms with van der Waals surface area (Å²) >= 11 is 1.87. The summed E-state index contributed by atoms with van der Waals surface area (Å²) in [5, 5.41) is 3.71. The number of hydrogen-bond donors (Lipinski definition) is 1. The molecule has 0 spiro atoms. The van der Waals surface area contributed by atoms with E-state index in [9.17, 15) is 0 Å². The standard InChI is InChI=1S/C37H55NOS/c1-11-13-26(5)21-22-38-32(14-12-2)33-19-20-34(40-33)36(25(3)4)39-31-23-27(6)35(28(7)24-31)29-15-17-30(18-16-29)37(8,9)10/h13-17,19-20,23-25,27,30,35-36,38H,11-12,18,21-22H2,1-10H3/b26-13?,32-14+. The van der Waals surface area contributed by atoms with E-state index in [2.05, 4.69) is 129 Å². The number of rotatable bonds is 12. The third kappa shape index (κ3) is 8.62. The van der Waals surface area contributed by atoms with Crippen molar-refractivity contribution < 1.29 is 4.74 Å². The highest BCUT2D eigenvalue weighted by Gasteiger charge is 2.30. The molecule has 2 aliphatic carbocycles. The first-order valence-electron chi connectivity index (χ1n) is 15.6. The molecular formula is C37H55NOS. The molecule has 0 aliphatic heterocycles. The van der Waals surface area contributed by atoms with Crippen LogP contribution in [0.1, 0.15) is 111 Å². The number of nitrogens with one attached hydrogen (secondary N) is 1. The Hall–Kier alpha value is -2.26. The fourth-order valence-corrected chi connectivity index (χ4v) is 7.14. The molecule has 3 heteroatoms. The van der Waals surface area contributed by atoms with E-state index in [1.807, 2.05) is 11.3 Å². The first-order valence-corrected chi connectivity index (χ1v) is 16.4. The molecule has 40 heavy (non-hydrogen) atoms. The zero-order valence-corrected chi connectivity index (χ0v) is 27.8. The Balaban J connectivity index is 1.72. The maximum absolute atomic E-state index is 6.78. The summed E-state index contributed by atoms with van der Waals surface area (Å²) in [7, 11) is 0. The Morgan fingerprint density at radius 1 is 1.15 bits per heavy atom. The van der Waals surface area contributed by atoms with Crippen LogP contribution in [0.2, 0.25) is 0 Å². The number of hydrogen-bond acceptors (Lipinski definition) is 3. The van der Waals surface area contributed by atoms with E-state index in [1.165, 1.54) is 32.2 Å². The summed E-state index contributed by atoms with van der Waals surface area (Å²) in [5.41, 5.74) is 5.87. The van der Waals surface area contributed by atoms with Crippen LogP contribution < -0.4 is 5.32 Å². The van der Waals surface area contributed by atoms with Crippen molar-refractivity contribution in [1.82, 2.24) is 5.32 Å². The molecule has 0 radical (unpaired) electrons. The largest absolute Gasteiger partial charge is 0.485 e. The van der Waals surface area contributed by atoms with Crippen molar-refractivity contribution in [2.24, 2.45) is 29.1 Å². The fraction of sp³-hybridized carbons (Fsp3) is 0.568. The summed E-state index contributed by atoms with van der Waals surface area (Å²) in [4.78, 5) is 2.59. The van der Waals surface area contributed by atoms with Gasteiger partial charge >= 0.3 is 0 Å². The first kappa shape index (κ1) is 32.3. The molecule has 3 rings (SSSR count). The van der Waals surface area contributed by atoms with Gasteiger partial charge in [-0.2, -0.15) is 0 Å². The van der Waals surface area contributed by atoms with E-state index < -0.39 is 0 Å². The molecule has 4 unspecified atom stereocenters. The molecule has 0 fully saturated rings. The van der Waals surface area contributed by atoms with Crippen LogP contribution in [0, 0.1) is 29.1 Å². The molecule has 0 bridgehead atoms. The van der Waals surface area contributed by atoms with Gasteiger partial charge in [-0.15, -0.1) is 11.3 Å². The second kappa shape index (κ2) is 14.6. The van der Waals surface area contributed by atoms with Gasteiger partial charge < -0.3 is 10.1 Å².